The van der Waals surface area contributed by atoms with E-state index in [2.05, 4.69) is 43.1 Å². The number of hydrogen-bond donors (Lipinski definition) is 0. The van der Waals surface area contributed by atoms with Crippen LogP contribution < -0.4 is 0 Å². The topological polar surface area (TPSA) is 6.48 Å². The van der Waals surface area contributed by atoms with Gasteiger partial charge in [0.25, 0.3) is 0 Å². The summed E-state index contributed by atoms with van der Waals surface area (Å²) in [6, 6.07) is 0. The predicted octanol–water partition coefficient (Wildman–Crippen LogP) is 1.71. The lowest BCUT2D eigenvalue weighted by Crippen LogP contribution is -2.23. The van der Waals surface area contributed by atoms with Crippen molar-refractivity contribution < 1.29 is 0 Å². The van der Waals surface area contributed by atoms with E-state index in [9.17, 15) is 0 Å². The van der Waals surface area contributed by atoms with Crippen LogP contribution in [-0.4, -0.2) is 30.1 Å². The highest BCUT2D eigenvalue weighted by molar-refractivity contribution is 4.88. The van der Waals surface area contributed by atoms with Gasteiger partial charge in [0.2, 0.25) is 0 Å². The van der Waals surface area contributed by atoms with Crippen LogP contribution in [0, 0.1) is 5.92 Å². The highest BCUT2D eigenvalue weighted by Crippen LogP contribution is 2.07. The first-order valence-corrected chi connectivity index (χ1v) is 4.31. The Balaban J connectivity index is 2.14. The summed E-state index contributed by atoms with van der Waals surface area (Å²) in [5.74, 6) is 0.814. The van der Waals surface area contributed by atoms with Crippen LogP contribution in [0.15, 0.2) is 12.4 Å². The zero-order valence-electron chi connectivity index (χ0n) is 7.75. The molecule has 0 N–H and O–H groups in total. The molecule has 0 radical (unpaired) electrons. The average Bonchev–Trinajstić information content (AvgIpc) is 2.31. The highest BCUT2D eigenvalue weighted by Gasteiger charge is 2.07. The maximum Gasteiger partial charge on any atom is 0.0890 e. The molecule has 11 heavy (non-hydrogen) atoms. The Bertz CT molecular complexity index is 140. The Hall–Kier alpha value is -0.660. The van der Waals surface area contributed by atoms with Crippen molar-refractivity contribution in [2.75, 3.05) is 20.3 Å². The Kier molecular flexibility index (Phi) is 2.80. The summed E-state index contributed by atoms with van der Waals surface area (Å²) in [6.45, 7) is 6.79. The number of rotatable bonds is 3. The second-order valence-corrected chi connectivity index (χ2v) is 3.69. The molecule has 0 spiro atoms. The molecular weight excluding hydrogens is 136 g/mol. The molecule has 1 aliphatic rings. The maximum atomic E-state index is 2.35. The van der Waals surface area contributed by atoms with Crippen molar-refractivity contribution in [2.45, 2.75) is 20.3 Å². The molecule has 0 saturated carbocycles. The molecule has 0 bridgehead atoms. The molecule has 0 saturated heterocycles. The van der Waals surface area contributed by atoms with Crippen LogP contribution in [0.2, 0.25) is 0 Å². The quantitative estimate of drug-likeness (QED) is 0.610. The van der Waals surface area contributed by atoms with Crippen molar-refractivity contribution in [3.8, 4) is 0 Å². The van der Waals surface area contributed by atoms with Gasteiger partial charge in [-0.1, -0.05) is 13.8 Å². The first-order chi connectivity index (χ1) is 5.18. The number of hydrogen-bond acceptors (Lipinski definition) is 2. The van der Waals surface area contributed by atoms with E-state index >= 15 is 0 Å². The lowest BCUT2D eigenvalue weighted by molar-refractivity contribution is 0.282. The van der Waals surface area contributed by atoms with Gasteiger partial charge in [0.15, 0.2) is 0 Å². The van der Waals surface area contributed by atoms with Gasteiger partial charge in [-0.05, 0) is 12.3 Å². The van der Waals surface area contributed by atoms with Gasteiger partial charge in [-0.2, -0.15) is 0 Å². The van der Waals surface area contributed by atoms with Gasteiger partial charge in [-0.25, -0.2) is 0 Å². The summed E-state index contributed by atoms with van der Waals surface area (Å²) in [7, 11) is 2.10. The van der Waals surface area contributed by atoms with Crippen LogP contribution in [0.3, 0.4) is 0 Å². The molecule has 0 fully saturated rings. The Morgan fingerprint density at radius 2 is 2.09 bits per heavy atom. The largest absolute Gasteiger partial charge is 0.362 e. The van der Waals surface area contributed by atoms with Crippen molar-refractivity contribution in [2.24, 2.45) is 5.92 Å². The summed E-state index contributed by atoms with van der Waals surface area (Å²) in [5.41, 5.74) is 0. The van der Waals surface area contributed by atoms with E-state index in [0.29, 0.717) is 0 Å². The molecule has 0 atom stereocenters. The van der Waals surface area contributed by atoms with Crippen LogP contribution in [0.5, 0.6) is 0 Å². The van der Waals surface area contributed by atoms with Crippen molar-refractivity contribution in [1.82, 2.24) is 9.80 Å². The second kappa shape index (κ2) is 3.65. The normalized spacial score (nSPS) is 17.1. The molecule has 64 valence electrons. The Morgan fingerprint density at radius 3 is 2.55 bits per heavy atom. The molecule has 2 nitrogen and oxygen atoms in total. The van der Waals surface area contributed by atoms with Crippen molar-refractivity contribution >= 4 is 0 Å². The third-order valence-electron chi connectivity index (χ3n) is 1.93. The molecule has 0 aliphatic carbocycles. The van der Waals surface area contributed by atoms with Gasteiger partial charge < -0.3 is 9.80 Å². The van der Waals surface area contributed by atoms with Crippen LogP contribution >= 0.6 is 0 Å². The molecule has 1 aliphatic heterocycles. The average molecular weight is 154 g/mol. The number of nitrogens with zero attached hydrogens (tertiary/aromatic N) is 2. The van der Waals surface area contributed by atoms with Gasteiger partial charge in [-0.15, -0.1) is 0 Å². The smallest absolute Gasteiger partial charge is 0.0890 e. The minimum absolute atomic E-state index is 0.814. The predicted molar refractivity (Wildman–Crippen MR) is 47.9 cm³/mol. The molecule has 0 aromatic heterocycles. The monoisotopic (exact) mass is 154 g/mol. The molecule has 0 unspecified atom stereocenters. The fourth-order valence-corrected chi connectivity index (χ4v) is 1.16. The van der Waals surface area contributed by atoms with Crippen LogP contribution in [0.4, 0.5) is 0 Å². The first-order valence-electron chi connectivity index (χ1n) is 4.31. The fourth-order valence-electron chi connectivity index (χ4n) is 1.16. The summed E-state index contributed by atoms with van der Waals surface area (Å²) < 4.78 is 0. The standard InChI is InChI=1S/C9H18N2/c1-9(2)4-5-11-7-6-10(3)8-11/h6-7,9H,4-5,8H2,1-3H3. The van der Waals surface area contributed by atoms with E-state index in [-0.39, 0.29) is 0 Å². The van der Waals surface area contributed by atoms with E-state index < -0.39 is 0 Å². The molecule has 0 aromatic carbocycles. The minimum Gasteiger partial charge on any atom is -0.362 e. The zero-order valence-corrected chi connectivity index (χ0v) is 7.75. The second-order valence-electron chi connectivity index (χ2n) is 3.69. The third kappa shape index (κ3) is 2.83. The van der Waals surface area contributed by atoms with Gasteiger partial charge >= 0.3 is 0 Å². The first kappa shape index (κ1) is 8.44. The summed E-state index contributed by atoms with van der Waals surface area (Å²) in [6.07, 6.45) is 5.58. The van der Waals surface area contributed by atoms with Crippen LogP contribution in [0.25, 0.3) is 0 Å². The lowest BCUT2D eigenvalue weighted by Gasteiger charge is -2.18. The Labute approximate surface area is 69.5 Å². The third-order valence-corrected chi connectivity index (χ3v) is 1.93. The highest BCUT2D eigenvalue weighted by atomic mass is 15.3. The summed E-state index contributed by atoms with van der Waals surface area (Å²) >= 11 is 0. The van der Waals surface area contributed by atoms with Gasteiger partial charge in [0.1, 0.15) is 0 Å². The van der Waals surface area contributed by atoms with E-state index in [4.69, 9.17) is 0 Å². The molecule has 0 amide bonds. The van der Waals surface area contributed by atoms with Crippen molar-refractivity contribution in [1.29, 1.82) is 0 Å². The van der Waals surface area contributed by atoms with E-state index in [0.717, 1.165) is 12.6 Å². The van der Waals surface area contributed by atoms with Crippen LogP contribution in [0.1, 0.15) is 20.3 Å². The van der Waals surface area contributed by atoms with Gasteiger partial charge in [-0.3, -0.25) is 0 Å². The molecule has 1 heterocycles. The lowest BCUT2D eigenvalue weighted by atomic mass is 10.1. The molecule has 2 heteroatoms. The van der Waals surface area contributed by atoms with Gasteiger partial charge in [0, 0.05) is 26.0 Å². The van der Waals surface area contributed by atoms with Crippen LogP contribution in [-0.2, 0) is 0 Å². The maximum absolute atomic E-state index is 2.35. The van der Waals surface area contributed by atoms with Gasteiger partial charge in [0.05, 0.1) is 6.67 Å². The van der Waals surface area contributed by atoms with E-state index in [1.165, 1.54) is 13.0 Å². The van der Waals surface area contributed by atoms with E-state index in [1.54, 1.807) is 0 Å². The Morgan fingerprint density at radius 1 is 1.36 bits per heavy atom. The van der Waals surface area contributed by atoms with Crippen molar-refractivity contribution in [3.63, 3.8) is 0 Å². The molecule has 1 rings (SSSR count). The summed E-state index contributed by atoms with van der Waals surface area (Å²) in [4.78, 5) is 4.54. The van der Waals surface area contributed by atoms with Crippen molar-refractivity contribution in [3.05, 3.63) is 12.4 Å². The summed E-state index contributed by atoms with van der Waals surface area (Å²) in [5, 5.41) is 0. The fraction of sp³-hybridized carbons (Fsp3) is 0.778. The molecule has 0 aromatic rings. The minimum atomic E-state index is 0.814. The zero-order chi connectivity index (χ0) is 8.27. The molecular formula is C9H18N2. The van der Waals surface area contributed by atoms with E-state index in [1.807, 2.05) is 0 Å². The SMILES string of the molecule is CC(C)CCN1C=CN(C)C1.